The highest BCUT2D eigenvalue weighted by atomic mass is 35.5. The van der Waals surface area contributed by atoms with Gasteiger partial charge in [0.05, 0.1) is 18.7 Å². The molecule has 2 rings (SSSR count). The van der Waals surface area contributed by atoms with Crippen molar-refractivity contribution in [2.45, 2.75) is 13.5 Å². The summed E-state index contributed by atoms with van der Waals surface area (Å²) < 4.78 is 20.1. The standard InChI is InChI=1S/C13H12ClFN2O2/c1-8-6-11(18)17(13(16-8)19-2)7-9-4-3-5-10(14)12(9)15/h3-6H,7H2,1-2H3. The van der Waals surface area contributed by atoms with Crippen LogP contribution in [0.2, 0.25) is 5.02 Å². The number of hydrogen-bond donors (Lipinski definition) is 0. The van der Waals surface area contributed by atoms with E-state index < -0.39 is 5.82 Å². The van der Waals surface area contributed by atoms with Crippen molar-refractivity contribution < 1.29 is 9.13 Å². The first-order valence-electron chi connectivity index (χ1n) is 5.58. The summed E-state index contributed by atoms with van der Waals surface area (Å²) in [6.07, 6.45) is 0. The van der Waals surface area contributed by atoms with Crippen molar-refractivity contribution in [2.24, 2.45) is 0 Å². The average molecular weight is 283 g/mol. The number of aromatic nitrogens is 2. The van der Waals surface area contributed by atoms with Gasteiger partial charge in [0.2, 0.25) is 0 Å². The molecule has 0 aliphatic carbocycles. The highest BCUT2D eigenvalue weighted by Crippen LogP contribution is 2.19. The van der Waals surface area contributed by atoms with E-state index in [-0.39, 0.29) is 23.1 Å². The van der Waals surface area contributed by atoms with Gasteiger partial charge in [0, 0.05) is 17.3 Å². The van der Waals surface area contributed by atoms with Gasteiger partial charge in [-0.25, -0.2) is 9.37 Å². The van der Waals surface area contributed by atoms with Crippen LogP contribution in [0.4, 0.5) is 4.39 Å². The second-order valence-corrected chi connectivity index (χ2v) is 4.43. The van der Waals surface area contributed by atoms with Gasteiger partial charge >= 0.3 is 0 Å². The summed E-state index contributed by atoms with van der Waals surface area (Å²) in [4.78, 5) is 16.0. The number of nitrogens with zero attached hydrogens (tertiary/aromatic N) is 2. The normalized spacial score (nSPS) is 10.5. The molecule has 1 heterocycles. The molecule has 6 heteroatoms. The molecule has 0 aliphatic heterocycles. The Bertz CT molecular complexity index is 670. The van der Waals surface area contributed by atoms with Crippen LogP contribution in [0.15, 0.2) is 29.1 Å². The Labute approximate surface area is 114 Å². The van der Waals surface area contributed by atoms with E-state index in [1.54, 1.807) is 19.1 Å². The minimum Gasteiger partial charge on any atom is -0.468 e. The lowest BCUT2D eigenvalue weighted by molar-refractivity contribution is 0.349. The SMILES string of the molecule is COc1nc(C)cc(=O)n1Cc1cccc(Cl)c1F. The van der Waals surface area contributed by atoms with Crippen LogP contribution in [0.3, 0.4) is 0 Å². The Balaban J connectivity index is 2.49. The molecule has 100 valence electrons. The van der Waals surface area contributed by atoms with Crippen molar-refractivity contribution in [3.63, 3.8) is 0 Å². The summed E-state index contributed by atoms with van der Waals surface area (Å²) >= 11 is 5.71. The largest absolute Gasteiger partial charge is 0.468 e. The lowest BCUT2D eigenvalue weighted by Gasteiger charge is -2.11. The van der Waals surface area contributed by atoms with Crippen LogP contribution in [0.5, 0.6) is 6.01 Å². The third-order valence-corrected chi connectivity index (χ3v) is 2.94. The maximum atomic E-state index is 13.8. The summed E-state index contributed by atoms with van der Waals surface area (Å²) in [5, 5.41) is 0.0181. The smallest absolute Gasteiger partial charge is 0.299 e. The molecule has 0 saturated heterocycles. The van der Waals surface area contributed by atoms with E-state index in [9.17, 15) is 9.18 Å². The molecule has 4 nitrogen and oxygen atoms in total. The van der Waals surface area contributed by atoms with Gasteiger partial charge in [-0.05, 0) is 13.0 Å². The summed E-state index contributed by atoms with van der Waals surface area (Å²) in [7, 11) is 1.41. The molecule has 0 N–H and O–H groups in total. The minimum absolute atomic E-state index is 0.0156. The number of ether oxygens (including phenoxy) is 1. The lowest BCUT2D eigenvalue weighted by Crippen LogP contribution is -2.23. The van der Waals surface area contributed by atoms with E-state index in [2.05, 4.69) is 4.98 Å². The van der Waals surface area contributed by atoms with E-state index >= 15 is 0 Å². The Morgan fingerprint density at radius 1 is 1.47 bits per heavy atom. The molecular formula is C13H12ClFN2O2. The highest BCUT2D eigenvalue weighted by Gasteiger charge is 2.12. The fourth-order valence-electron chi connectivity index (χ4n) is 1.74. The molecule has 0 fully saturated rings. The molecule has 0 saturated carbocycles. The fourth-order valence-corrected chi connectivity index (χ4v) is 1.93. The Hall–Kier alpha value is -1.88. The van der Waals surface area contributed by atoms with Crippen LogP contribution < -0.4 is 10.3 Å². The first-order chi connectivity index (χ1) is 9.02. The maximum Gasteiger partial charge on any atom is 0.299 e. The van der Waals surface area contributed by atoms with Gasteiger partial charge in [-0.2, -0.15) is 0 Å². The highest BCUT2D eigenvalue weighted by molar-refractivity contribution is 6.30. The maximum absolute atomic E-state index is 13.8. The van der Waals surface area contributed by atoms with E-state index in [0.29, 0.717) is 11.3 Å². The minimum atomic E-state index is -0.543. The van der Waals surface area contributed by atoms with Gasteiger partial charge in [0.15, 0.2) is 0 Å². The topological polar surface area (TPSA) is 44.1 Å². The molecule has 0 atom stereocenters. The molecule has 0 unspecified atom stereocenters. The Morgan fingerprint density at radius 3 is 2.89 bits per heavy atom. The first-order valence-corrected chi connectivity index (χ1v) is 5.96. The number of rotatable bonds is 3. The molecule has 1 aromatic heterocycles. The molecule has 0 radical (unpaired) electrons. The van der Waals surface area contributed by atoms with Crippen molar-refractivity contribution in [3.05, 3.63) is 56.7 Å². The van der Waals surface area contributed by atoms with Gasteiger partial charge < -0.3 is 4.74 Å². The third kappa shape index (κ3) is 2.76. The van der Waals surface area contributed by atoms with Crippen molar-refractivity contribution >= 4 is 11.6 Å². The number of methoxy groups -OCH3 is 1. The number of benzene rings is 1. The van der Waals surface area contributed by atoms with E-state index in [1.807, 2.05) is 0 Å². The van der Waals surface area contributed by atoms with Gasteiger partial charge in [0.25, 0.3) is 11.6 Å². The second kappa shape index (κ2) is 5.40. The molecular weight excluding hydrogens is 271 g/mol. The molecule has 19 heavy (non-hydrogen) atoms. The summed E-state index contributed by atoms with van der Waals surface area (Å²) in [5.74, 6) is -0.543. The zero-order valence-corrected chi connectivity index (χ0v) is 11.2. The van der Waals surface area contributed by atoms with Crippen LogP contribution in [-0.2, 0) is 6.54 Å². The van der Waals surface area contributed by atoms with E-state index in [4.69, 9.17) is 16.3 Å². The zero-order valence-electron chi connectivity index (χ0n) is 10.5. The molecule has 0 spiro atoms. The van der Waals surface area contributed by atoms with Crippen LogP contribution in [-0.4, -0.2) is 16.7 Å². The van der Waals surface area contributed by atoms with Gasteiger partial charge in [0.1, 0.15) is 5.82 Å². The van der Waals surface area contributed by atoms with E-state index in [1.165, 1.54) is 23.8 Å². The molecule has 2 aromatic rings. The number of hydrogen-bond acceptors (Lipinski definition) is 3. The predicted octanol–water partition coefficient (Wildman–Crippen LogP) is 2.40. The summed E-state index contributed by atoms with van der Waals surface area (Å²) in [6, 6.07) is 6.15. The zero-order chi connectivity index (χ0) is 14.0. The van der Waals surface area contributed by atoms with Crippen molar-refractivity contribution in [3.8, 4) is 6.01 Å². The fraction of sp³-hybridized carbons (Fsp3) is 0.231. The first kappa shape index (κ1) is 13.5. The third-order valence-electron chi connectivity index (χ3n) is 2.64. The van der Waals surface area contributed by atoms with Crippen molar-refractivity contribution in [1.82, 2.24) is 9.55 Å². The molecule has 0 bridgehead atoms. The predicted molar refractivity (Wildman–Crippen MR) is 70.3 cm³/mol. The van der Waals surface area contributed by atoms with Crippen molar-refractivity contribution in [1.29, 1.82) is 0 Å². The van der Waals surface area contributed by atoms with Gasteiger partial charge in [-0.3, -0.25) is 9.36 Å². The van der Waals surface area contributed by atoms with Crippen LogP contribution in [0.1, 0.15) is 11.3 Å². The Morgan fingerprint density at radius 2 is 2.21 bits per heavy atom. The van der Waals surface area contributed by atoms with Crippen molar-refractivity contribution in [2.75, 3.05) is 7.11 Å². The summed E-state index contributed by atoms with van der Waals surface area (Å²) in [6.45, 7) is 1.70. The molecule has 0 aliphatic rings. The molecule has 0 amide bonds. The van der Waals surface area contributed by atoms with Gasteiger partial charge in [-0.15, -0.1) is 0 Å². The second-order valence-electron chi connectivity index (χ2n) is 4.02. The summed E-state index contributed by atoms with van der Waals surface area (Å²) in [5.41, 5.74) is 0.548. The Kier molecular flexibility index (Phi) is 3.85. The quantitative estimate of drug-likeness (QED) is 0.868. The molecule has 1 aromatic carbocycles. The van der Waals surface area contributed by atoms with Crippen LogP contribution >= 0.6 is 11.6 Å². The number of aryl methyl sites for hydroxylation is 1. The average Bonchev–Trinajstić information content (AvgIpc) is 2.37. The lowest BCUT2D eigenvalue weighted by atomic mass is 10.2. The van der Waals surface area contributed by atoms with E-state index in [0.717, 1.165) is 0 Å². The van der Waals surface area contributed by atoms with Crippen LogP contribution in [0, 0.1) is 12.7 Å². The van der Waals surface area contributed by atoms with Crippen LogP contribution in [0.25, 0.3) is 0 Å². The monoisotopic (exact) mass is 282 g/mol. The number of halogens is 2. The van der Waals surface area contributed by atoms with Gasteiger partial charge in [-0.1, -0.05) is 23.7 Å².